The third-order valence-corrected chi connectivity index (χ3v) is 5.72. The SMILES string of the molecule is Cn1nc(-c2ccc(F)cc2)c2c3c(cnc21)C(=O)N(c1ccc(Cl)c(Cl)c1)C3=O. The molecule has 148 valence electrons. The first-order valence-electron chi connectivity index (χ1n) is 8.82. The monoisotopic (exact) mass is 440 g/mol. The van der Waals surface area contributed by atoms with Crippen molar-refractivity contribution in [2.45, 2.75) is 0 Å². The zero-order valence-corrected chi connectivity index (χ0v) is 16.9. The van der Waals surface area contributed by atoms with E-state index in [1.165, 1.54) is 35.1 Å². The van der Waals surface area contributed by atoms with Crippen LogP contribution in [0.4, 0.5) is 10.1 Å². The normalized spacial score (nSPS) is 13.4. The maximum Gasteiger partial charge on any atom is 0.267 e. The summed E-state index contributed by atoms with van der Waals surface area (Å²) in [6, 6.07) is 10.3. The van der Waals surface area contributed by atoms with Crippen LogP contribution in [0.1, 0.15) is 20.7 Å². The molecule has 1 aliphatic rings. The third kappa shape index (κ3) is 2.63. The van der Waals surface area contributed by atoms with E-state index in [2.05, 4.69) is 10.1 Å². The Labute approximate surface area is 179 Å². The molecule has 4 aromatic rings. The predicted molar refractivity (Wildman–Crippen MR) is 112 cm³/mol. The van der Waals surface area contributed by atoms with Crippen molar-refractivity contribution in [1.82, 2.24) is 14.8 Å². The van der Waals surface area contributed by atoms with Crippen molar-refractivity contribution in [2.24, 2.45) is 7.05 Å². The zero-order chi connectivity index (χ0) is 21.2. The highest BCUT2D eigenvalue weighted by Gasteiger charge is 2.40. The molecule has 9 heteroatoms. The van der Waals surface area contributed by atoms with Crippen molar-refractivity contribution in [2.75, 3.05) is 4.90 Å². The van der Waals surface area contributed by atoms with Gasteiger partial charge in [0.25, 0.3) is 11.8 Å². The highest BCUT2D eigenvalue weighted by molar-refractivity contribution is 6.43. The second kappa shape index (κ2) is 6.62. The Morgan fingerprint density at radius 2 is 1.70 bits per heavy atom. The molecule has 0 radical (unpaired) electrons. The first kappa shape index (κ1) is 18.7. The number of anilines is 1. The number of fused-ring (bicyclic) bond motifs is 3. The van der Waals surface area contributed by atoms with Gasteiger partial charge >= 0.3 is 0 Å². The van der Waals surface area contributed by atoms with Gasteiger partial charge in [0.05, 0.1) is 32.2 Å². The van der Waals surface area contributed by atoms with E-state index in [0.717, 1.165) is 4.90 Å². The van der Waals surface area contributed by atoms with Crippen LogP contribution < -0.4 is 4.90 Å². The van der Waals surface area contributed by atoms with Gasteiger partial charge in [0.2, 0.25) is 0 Å². The van der Waals surface area contributed by atoms with Gasteiger partial charge in [-0.3, -0.25) is 9.59 Å². The highest BCUT2D eigenvalue weighted by atomic mass is 35.5. The van der Waals surface area contributed by atoms with E-state index < -0.39 is 11.8 Å². The summed E-state index contributed by atoms with van der Waals surface area (Å²) in [6.07, 6.45) is 1.37. The first-order chi connectivity index (χ1) is 14.4. The Hall–Kier alpha value is -3.29. The Balaban J connectivity index is 1.75. The number of carbonyl (C=O) groups is 2. The number of pyridine rings is 1. The summed E-state index contributed by atoms with van der Waals surface area (Å²) in [6.45, 7) is 0. The Bertz CT molecular complexity index is 1380. The molecule has 0 aliphatic carbocycles. The van der Waals surface area contributed by atoms with Gasteiger partial charge < -0.3 is 0 Å². The van der Waals surface area contributed by atoms with Crippen molar-refractivity contribution in [3.8, 4) is 11.3 Å². The summed E-state index contributed by atoms with van der Waals surface area (Å²) in [5.41, 5.74) is 2.14. The van der Waals surface area contributed by atoms with Gasteiger partial charge in [-0.2, -0.15) is 5.10 Å². The zero-order valence-electron chi connectivity index (χ0n) is 15.4. The lowest BCUT2D eigenvalue weighted by Gasteiger charge is -2.14. The summed E-state index contributed by atoms with van der Waals surface area (Å²) < 4.78 is 14.9. The molecule has 0 unspecified atom stereocenters. The average Bonchev–Trinajstić information content (AvgIpc) is 3.19. The smallest absolute Gasteiger partial charge is 0.267 e. The van der Waals surface area contributed by atoms with Gasteiger partial charge in [0.1, 0.15) is 11.5 Å². The number of hydrogen-bond donors (Lipinski definition) is 0. The lowest BCUT2D eigenvalue weighted by molar-refractivity contribution is 0.0926. The molecule has 2 aromatic heterocycles. The summed E-state index contributed by atoms with van der Waals surface area (Å²) >= 11 is 12.0. The number of benzene rings is 2. The molecule has 0 bridgehead atoms. The average molecular weight is 441 g/mol. The number of aromatic nitrogens is 3. The van der Waals surface area contributed by atoms with Crippen LogP contribution in [0.15, 0.2) is 48.7 Å². The van der Waals surface area contributed by atoms with Crippen molar-refractivity contribution in [3.05, 3.63) is 75.7 Å². The molecule has 0 N–H and O–H groups in total. The van der Waals surface area contributed by atoms with Gasteiger partial charge in [-0.05, 0) is 42.5 Å². The number of halogens is 3. The molecule has 30 heavy (non-hydrogen) atoms. The fourth-order valence-electron chi connectivity index (χ4n) is 3.60. The lowest BCUT2D eigenvalue weighted by Crippen LogP contribution is -2.29. The topological polar surface area (TPSA) is 68.1 Å². The standard InChI is InChI=1S/C21H11Cl2FN4O2/c1-27-19-17(18(26-27)10-2-4-11(24)5-3-10)16-13(9-25-19)20(29)28(21(16)30)12-6-7-14(22)15(23)8-12/h2-9H,1H3. The predicted octanol–water partition coefficient (Wildman–Crippen LogP) is 4.88. The molecule has 0 spiro atoms. The minimum absolute atomic E-state index is 0.162. The first-order valence-corrected chi connectivity index (χ1v) is 9.58. The molecule has 0 saturated heterocycles. The van der Waals surface area contributed by atoms with Crippen LogP contribution >= 0.6 is 23.2 Å². The van der Waals surface area contributed by atoms with E-state index in [-0.39, 0.29) is 22.0 Å². The van der Waals surface area contributed by atoms with Crippen molar-refractivity contribution >= 4 is 51.7 Å². The molecule has 0 fully saturated rings. The molecule has 1 aliphatic heterocycles. The van der Waals surface area contributed by atoms with Crippen molar-refractivity contribution in [1.29, 1.82) is 0 Å². The minimum Gasteiger partial charge on any atom is -0.268 e. The van der Waals surface area contributed by atoms with Crippen LogP contribution in [0.2, 0.25) is 10.0 Å². The second-order valence-corrected chi connectivity index (χ2v) is 7.58. The molecule has 0 atom stereocenters. The summed E-state index contributed by atoms with van der Waals surface area (Å²) in [5.74, 6) is -1.42. The number of carbonyl (C=O) groups excluding carboxylic acids is 2. The molecule has 2 aromatic carbocycles. The van der Waals surface area contributed by atoms with Crippen molar-refractivity contribution in [3.63, 3.8) is 0 Å². The van der Waals surface area contributed by atoms with Crippen LogP contribution in [0, 0.1) is 5.82 Å². The van der Waals surface area contributed by atoms with Gasteiger partial charge in [0.15, 0.2) is 5.65 Å². The molecule has 0 saturated carbocycles. The van der Waals surface area contributed by atoms with Crippen LogP contribution in [0.3, 0.4) is 0 Å². The second-order valence-electron chi connectivity index (χ2n) is 6.77. The summed E-state index contributed by atoms with van der Waals surface area (Å²) in [7, 11) is 1.69. The van der Waals surface area contributed by atoms with Crippen LogP contribution in [0.5, 0.6) is 0 Å². The maximum atomic E-state index is 13.4. The Morgan fingerprint density at radius 3 is 2.40 bits per heavy atom. The van der Waals surface area contributed by atoms with E-state index in [1.807, 2.05) is 0 Å². The Morgan fingerprint density at radius 1 is 0.967 bits per heavy atom. The lowest BCUT2D eigenvalue weighted by atomic mass is 10.0. The Kier molecular flexibility index (Phi) is 4.13. The molecule has 6 nitrogen and oxygen atoms in total. The number of amides is 2. The molecular formula is C21H11Cl2FN4O2. The van der Waals surface area contributed by atoms with E-state index in [1.54, 1.807) is 25.2 Å². The number of hydrogen-bond acceptors (Lipinski definition) is 4. The largest absolute Gasteiger partial charge is 0.268 e. The number of aryl methyl sites for hydroxylation is 1. The third-order valence-electron chi connectivity index (χ3n) is 4.98. The van der Waals surface area contributed by atoms with E-state index in [9.17, 15) is 14.0 Å². The summed E-state index contributed by atoms with van der Waals surface area (Å²) in [4.78, 5) is 31.8. The van der Waals surface area contributed by atoms with Gasteiger partial charge in [-0.1, -0.05) is 23.2 Å². The van der Waals surface area contributed by atoms with E-state index in [4.69, 9.17) is 23.2 Å². The van der Waals surface area contributed by atoms with Gasteiger partial charge in [-0.25, -0.2) is 19.0 Å². The molecule has 5 rings (SSSR count). The highest BCUT2D eigenvalue weighted by Crippen LogP contribution is 2.38. The quantitative estimate of drug-likeness (QED) is 0.416. The maximum absolute atomic E-state index is 13.4. The van der Waals surface area contributed by atoms with Crippen LogP contribution in [-0.2, 0) is 7.05 Å². The fourth-order valence-corrected chi connectivity index (χ4v) is 3.89. The van der Waals surface area contributed by atoms with Gasteiger partial charge in [-0.15, -0.1) is 0 Å². The van der Waals surface area contributed by atoms with Crippen molar-refractivity contribution < 1.29 is 14.0 Å². The van der Waals surface area contributed by atoms with E-state index in [0.29, 0.717) is 33.0 Å². The molecule has 2 amide bonds. The molecular weight excluding hydrogens is 430 g/mol. The van der Waals surface area contributed by atoms with E-state index >= 15 is 0 Å². The number of rotatable bonds is 2. The van der Waals surface area contributed by atoms with Gasteiger partial charge in [0, 0.05) is 18.8 Å². The number of nitrogens with zero attached hydrogens (tertiary/aromatic N) is 4. The fraction of sp³-hybridized carbons (Fsp3) is 0.0476. The summed E-state index contributed by atoms with van der Waals surface area (Å²) in [5, 5.41) is 5.43. The van der Waals surface area contributed by atoms with Crippen LogP contribution in [0.25, 0.3) is 22.3 Å². The molecule has 3 heterocycles. The number of imide groups is 1. The minimum atomic E-state index is -0.517. The van der Waals surface area contributed by atoms with Crippen LogP contribution in [-0.4, -0.2) is 26.6 Å².